The highest BCUT2D eigenvalue weighted by Gasteiger charge is 2.37. The number of nitrogens with one attached hydrogen (secondary N) is 2. The van der Waals surface area contributed by atoms with E-state index in [1.807, 2.05) is 7.05 Å². The molecule has 0 aliphatic carbocycles. The molecule has 2 amide bonds. The van der Waals surface area contributed by atoms with Gasteiger partial charge in [0.05, 0.1) is 11.3 Å². The quantitative estimate of drug-likeness (QED) is 0.372. The number of likely N-dealkylation sites (tertiary alicyclic amines) is 1. The number of nitrogens with zero attached hydrogens (tertiary/aromatic N) is 4. The molecule has 0 spiro atoms. The molecule has 2 aliphatic heterocycles. The molecule has 216 valence electrons. The summed E-state index contributed by atoms with van der Waals surface area (Å²) in [6, 6.07) is 7.48. The molecule has 0 radical (unpaired) electrons. The summed E-state index contributed by atoms with van der Waals surface area (Å²) in [6.45, 7) is 3.73. The van der Waals surface area contributed by atoms with Crippen LogP contribution >= 0.6 is 0 Å². The van der Waals surface area contributed by atoms with Gasteiger partial charge in [-0.2, -0.15) is 18.2 Å². The number of alkyl halides is 3. The number of hydrogen-bond acceptors (Lipinski definition) is 8. The largest absolute Gasteiger partial charge is 0.506 e. The number of aromatic hydroxyl groups is 1. The molecule has 1 fully saturated rings. The topological polar surface area (TPSA) is 120 Å². The van der Waals surface area contributed by atoms with E-state index in [1.165, 1.54) is 23.1 Å². The maximum atomic E-state index is 13.8. The van der Waals surface area contributed by atoms with Crippen LogP contribution in [0, 0.1) is 6.92 Å². The predicted molar refractivity (Wildman–Crippen MR) is 143 cm³/mol. The SMILES string of the molecule is Cc1cc(Nc2ncc(C(F)(F)F)c(Oc3cccc4c3C(=O)N(C)C4)n2)c(O)cc1C(=O)NC1CCN(C)CC1. The van der Waals surface area contributed by atoms with E-state index in [0.29, 0.717) is 23.9 Å². The van der Waals surface area contributed by atoms with Crippen molar-refractivity contribution < 1.29 is 32.6 Å². The van der Waals surface area contributed by atoms with Crippen LogP contribution in [-0.4, -0.2) is 69.9 Å². The smallest absolute Gasteiger partial charge is 0.423 e. The van der Waals surface area contributed by atoms with Crippen molar-refractivity contribution in [1.82, 2.24) is 25.1 Å². The Hall–Kier alpha value is -4.39. The molecule has 0 saturated carbocycles. The molecule has 10 nitrogen and oxygen atoms in total. The van der Waals surface area contributed by atoms with E-state index < -0.39 is 17.6 Å². The molecule has 5 rings (SSSR count). The summed E-state index contributed by atoms with van der Waals surface area (Å²) in [5, 5.41) is 16.4. The maximum absolute atomic E-state index is 13.8. The highest BCUT2D eigenvalue weighted by Crippen LogP contribution is 2.40. The average Bonchev–Trinajstić information content (AvgIpc) is 3.20. The summed E-state index contributed by atoms with van der Waals surface area (Å²) >= 11 is 0. The van der Waals surface area contributed by atoms with Crippen molar-refractivity contribution in [3.8, 4) is 17.4 Å². The Morgan fingerprint density at radius 2 is 1.90 bits per heavy atom. The Morgan fingerprint density at radius 1 is 1.17 bits per heavy atom. The van der Waals surface area contributed by atoms with Gasteiger partial charge in [0.25, 0.3) is 11.8 Å². The molecular weight excluding hydrogens is 541 g/mol. The van der Waals surface area contributed by atoms with Gasteiger partial charge in [0.1, 0.15) is 17.1 Å². The summed E-state index contributed by atoms with van der Waals surface area (Å²) in [7, 11) is 3.60. The number of aromatic nitrogens is 2. The van der Waals surface area contributed by atoms with E-state index in [2.05, 4.69) is 25.5 Å². The zero-order valence-electron chi connectivity index (χ0n) is 22.7. The molecule has 3 heterocycles. The third-order valence-electron chi connectivity index (χ3n) is 7.23. The maximum Gasteiger partial charge on any atom is 0.423 e. The van der Waals surface area contributed by atoms with Gasteiger partial charge in [0.2, 0.25) is 11.8 Å². The molecule has 0 atom stereocenters. The normalized spacial score (nSPS) is 16.0. The first-order valence-corrected chi connectivity index (χ1v) is 13.0. The minimum atomic E-state index is -4.84. The fraction of sp³-hybridized carbons (Fsp3) is 0.357. The number of phenols is 1. The molecule has 1 aromatic heterocycles. The summed E-state index contributed by atoms with van der Waals surface area (Å²) in [4.78, 5) is 36.8. The Bertz CT molecular complexity index is 1500. The highest BCUT2D eigenvalue weighted by molar-refractivity contribution is 6.01. The van der Waals surface area contributed by atoms with E-state index in [0.717, 1.165) is 25.9 Å². The monoisotopic (exact) mass is 570 g/mol. The Labute approximate surface area is 234 Å². The van der Waals surface area contributed by atoms with Gasteiger partial charge in [0, 0.05) is 31.4 Å². The third-order valence-corrected chi connectivity index (χ3v) is 7.23. The van der Waals surface area contributed by atoms with E-state index in [9.17, 15) is 27.9 Å². The number of amides is 2. The average molecular weight is 571 g/mol. The minimum absolute atomic E-state index is 0.0264. The van der Waals surface area contributed by atoms with Gasteiger partial charge in [-0.3, -0.25) is 9.59 Å². The standard InChI is InChI=1S/C28H29F3N6O4/c1-15-11-20(21(38)12-18(15)24(39)33-17-7-9-36(2)10-8-17)34-27-32-13-19(28(29,30)31)25(35-27)41-22-6-4-5-16-14-37(3)26(40)23(16)22/h4-6,11-13,17,38H,7-10,14H2,1-3H3,(H,33,39)(H,32,34,35). The fourth-order valence-electron chi connectivity index (χ4n) is 4.93. The zero-order chi connectivity index (χ0) is 29.5. The van der Waals surface area contributed by atoms with Gasteiger partial charge < -0.3 is 30.3 Å². The predicted octanol–water partition coefficient (Wildman–Crippen LogP) is 4.45. The van der Waals surface area contributed by atoms with Gasteiger partial charge in [-0.25, -0.2) is 4.98 Å². The van der Waals surface area contributed by atoms with Gasteiger partial charge in [0.15, 0.2) is 0 Å². The number of hydrogen-bond donors (Lipinski definition) is 3. The summed E-state index contributed by atoms with van der Waals surface area (Å²) in [6.07, 6.45) is -2.64. The van der Waals surface area contributed by atoms with Crippen LogP contribution in [-0.2, 0) is 12.7 Å². The molecule has 1 saturated heterocycles. The van der Waals surface area contributed by atoms with Crippen molar-refractivity contribution in [1.29, 1.82) is 0 Å². The van der Waals surface area contributed by atoms with E-state index in [1.54, 1.807) is 26.1 Å². The number of piperidine rings is 1. The molecule has 0 unspecified atom stereocenters. The first-order valence-electron chi connectivity index (χ1n) is 13.0. The fourth-order valence-corrected chi connectivity index (χ4v) is 4.93. The van der Waals surface area contributed by atoms with Crippen LogP contribution in [0.1, 0.15) is 50.2 Å². The highest BCUT2D eigenvalue weighted by atomic mass is 19.4. The van der Waals surface area contributed by atoms with Gasteiger partial charge in [-0.05, 0) is 69.2 Å². The first-order chi connectivity index (χ1) is 19.4. The molecule has 0 bridgehead atoms. The number of phenolic OH excluding ortho intramolecular Hbond substituents is 1. The van der Waals surface area contributed by atoms with Crippen LogP contribution < -0.4 is 15.4 Å². The number of aryl methyl sites for hydroxylation is 1. The molecule has 3 aromatic rings. The van der Waals surface area contributed by atoms with Crippen molar-refractivity contribution in [2.75, 3.05) is 32.5 Å². The third kappa shape index (κ3) is 5.89. The Kier molecular flexibility index (Phi) is 7.47. The zero-order valence-corrected chi connectivity index (χ0v) is 22.7. The lowest BCUT2D eigenvalue weighted by atomic mass is 10.0. The summed E-state index contributed by atoms with van der Waals surface area (Å²) in [5.41, 5.74) is 0.440. The van der Waals surface area contributed by atoms with Crippen molar-refractivity contribution in [3.05, 3.63) is 64.3 Å². The van der Waals surface area contributed by atoms with Crippen molar-refractivity contribution in [2.45, 2.75) is 38.5 Å². The van der Waals surface area contributed by atoms with Crippen LogP contribution in [0.15, 0.2) is 36.5 Å². The number of fused-ring (bicyclic) bond motifs is 1. The van der Waals surface area contributed by atoms with Crippen LogP contribution in [0.4, 0.5) is 24.8 Å². The summed E-state index contributed by atoms with van der Waals surface area (Å²) in [5.74, 6) is -2.18. The lowest BCUT2D eigenvalue weighted by molar-refractivity contribution is -0.139. The second-order valence-electron chi connectivity index (χ2n) is 10.3. The number of carbonyl (C=O) groups excluding carboxylic acids is 2. The molecule has 41 heavy (non-hydrogen) atoms. The van der Waals surface area contributed by atoms with Gasteiger partial charge >= 0.3 is 6.18 Å². The first kappa shape index (κ1) is 28.1. The second kappa shape index (κ2) is 10.9. The molecule has 2 aromatic carbocycles. The van der Waals surface area contributed by atoms with Crippen LogP contribution in [0.3, 0.4) is 0 Å². The van der Waals surface area contributed by atoms with Crippen molar-refractivity contribution in [2.24, 2.45) is 0 Å². The summed E-state index contributed by atoms with van der Waals surface area (Å²) < 4.78 is 47.0. The lowest BCUT2D eigenvalue weighted by Gasteiger charge is -2.29. The van der Waals surface area contributed by atoms with Gasteiger partial charge in [-0.15, -0.1) is 0 Å². The minimum Gasteiger partial charge on any atom is -0.506 e. The van der Waals surface area contributed by atoms with Crippen molar-refractivity contribution in [3.63, 3.8) is 0 Å². The Balaban J connectivity index is 1.40. The van der Waals surface area contributed by atoms with Crippen LogP contribution in [0.2, 0.25) is 0 Å². The van der Waals surface area contributed by atoms with E-state index in [-0.39, 0.29) is 52.1 Å². The second-order valence-corrected chi connectivity index (χ2v) is 10.3. The molecule has 2 aliphatic rings. The van der Waals surface area contributed by atoms with E-state index >= 15 is 0 Å². The van der Waals surface area contributed by atoms with E-state index in [4.69, 9.17) is 4.74 Å². The number of ether oxygens (including phenoxy) is 1. The number of rotatable bonds is 6. The number of anilines is 2. The molecule has 13 heteroatoms. The van der Waals surface area contributed by atoms with Crippen LogP contribution in [0.25, 0.3) is 0 Å². The van der Waals surface area contributed by atoms with Gasteiger partial charge in [-0.1, -0.05) is 12.1 Å². The number of carbonyl (C=O) groups is 2. The number of benzene rings is 2. The van der Waals surface area contributed by atoms with Crippen molar-refractivity contribution >= 4 is 23.5 Å². The molecular formula is C28H29F3N6O4. The van der Waals surface area contributed by atoms with Crippen LogP contribution in [0.5, 0.6) is 17.4 Å². The number of halogens is 3. The lowest BCUT2D eigenvalue weighted by Crippen LogP contribution is -2.43. The molecule has 3 N–H and O–H groups in total. The Morgan fingerprint density at radius 3 is 2.61 bits per heavy atom.